The van der Waals surface area contributed by atoms with Gasteiger partial charge in [-0.05, 0) is 30.7 Å². The average molecular weight is 290 g/mol. The first-order valence-electron chi connectivity index (χ1n) is 6.45. The van der Waals surface area contributed by atoms with Crippen molar-refractivity contribution in [2.75, 3.05) is 13.2 Å². The van der Waals surface area contributed by atoms with Gasteiger partial charge in [-0.15, -0.1) is 0 Å². The first-order valence-corrected chi connectivity index (χ1v) is 6.45. The molecule has 5 nitrogen and oxygen atoms in total. The highest BCUT2D eigenvalue weighted by molar-refractivity contribution is 5.86. The second kappa shape index (κ2) is 8.58. The third-order valence-electron chi connectivity index (χ3n) is 2.44. The standard InChI is InChI=1S/C16H18O5/c1-12(2)16(19)21-11-3-10-20-14-7-4-13(5-8-14)6-9-15(17)18/h4-9H,1,3,10-11H2,2H3,(H,17,18)/b9-6+. The van der Waals surface area contributed by atoms with Crippen molar-refractivity contribution in [3.05, 3.63) is 48.1 Å². The first-order chi connectivity index (χ1) is 9.99. The summed E-state index contributed by atoms with van der Waals surface area (Å²) in [5.41, 5.74) is 1.15. The molecular weight excluding hydrogens is 272 g/mol. The second-order valence-electron chi connectivity index (χ2n) is 4.36. The number of carbonyl (C=O) groups excluding carboxylic acids is 1. The summed E-state index contributed by atoms with van der Waals surface area (Å²) in [7, 11) is 0. The van der Waals surface area contributed by atoms with Crippen molar-refractivity contribution in [1.82, 2.24) is 0 Å². The molecule has 1 N–H and O–H groups in total. The third-order valence-corrected chi connectivity index (χ3v) is 2.44. The first kappa shape index (κ1) is 16.5. The lowest BCUT2D eigenvalue weighted by molar-refractivity contribution is -0.139. The molecule has 5 heteroatoms. The van der Waals surface area contributed by atoms with E-state index in [-0.39, 0.29) is 6.61 Å². The number of rotatable bonds is 8. The van der Waals surface area contributed by atoms with Gasteiger partial charge >= 0.3 is 11.9 Å². The molecule has 0 aliphatic heterocycles. The van der Waals surface area contributed by atoms with Gasteiger partial charge in [0.1, 0.15) is 5.75 Å². The Morgan fingerprint density at radius 3 is 2.48 bits per heavy atom. The van der Waals surface area contributed by atoms with Crippen molar-refractivity contribution in [2.45, 2.75) is 13.3 Å². The number of carboxylic acids is 1. The Labute approximate surface area is 123 Å². The molecule has 1 aromatic rings. The predicted octanol–water partition coefficient (Wildman–Crippen LogP) is 2.67. The zero-order valence-electron chi connectivity index (χ0n) is 11.9. The van der Waals surface area contributed by atoms with Gasteiger partial charge in [0.2, 0.25) is 0 Å². The van der Waals surface area contributed by atoms with Crippen LogP contribution in [0.25, 0.3) is 6.08 Å². The molecular formula is C16H18O5. The van der Waals surface area contributed by atoms with Crippen LogP contribution in [-0.2, 0) is 14.3 Å². The van der Waals surface area contributed by atoms with Crippen LogP contribution in [0.15, 0.2) is 42.5 Å². The monoisotopic (exact) mass is 290 g/mol. The highest BCUT2D eigenvalue weighted by Gasteiger charge is 2.02. The molecule has 112 valence electrons. The predicted molar refractivity (Wildman–Crippen MR) is 79.0 cm³/mol. The van der Waals surface area contributed by atoms with Crippen LogP contribution in [-0.4, -0.2) is 30.3 Å². The van der Waals surface area contributed by atoms with Crippen molar-refractivity contribution < 1.29 is 24.2 Å². The summed E-state index contributed by atoms with van der Waals surface area (Å²) < 4.78 is 10.4. The molecule has 0 fully saturated rings. The number of ether oxygens (including phenoxy) is 2. The van der Waals surface area contributed by atoms with Crippen molar-refractivity contribution in [2.24, 2.45) is 0 Å². The molecule has 0 aliphatic rings. The SMILES string of the molecule is C=C(C)C(=O)OCCCOc1ccc(/C=C/C(=O)O)cc1. The third kappa shape index (κ3) is 6.96. The molecule has 0 aromatic heterocycles. The number of carboxylic acid groups (broad SMARTS) is 1. The maximum absolute atomic E-state index is 11.1. The lowest BCUT2D eigenvalue weighted by atomic mass is 10.2. The van der Waals surface area contributed by atoms with Gasteiger partial charge in [0.25, 0.3) is 0 Å². The van der Waals surface area contributed by atoms with E-state index in [4.69, 9.17) is 14.6 Å². The van der Waals surface area contributed by atoms with E-state index in [9.17, 15) is 9.59 Å². The number of benzene rings is 1. The fourth-order valence-electron chi connectivity index (χ4n) is 1.38. The minimum Gasteiger partial charge on any atom is -0.493 e. The second-order valence-corrected chi connectivity index (χ2v) is 4.36. The van der Waals surface area contributed by atoms with Crippen molar-refractivity contribution in [3.8, 4) is 5.75 Å². The Balaban J connectivity index is 2.28. The van der Waals surface area contributed by atoms with Crippen LogP contribution in [0.5, 0.6) is 5.75 Å². The molecule has 0 spiro atoms. The fraction of sp³-hybridized carbons (Fsp3) is 0.250. The van der Waals surface area contributed by atoms with Crippen LogP contribution in [0.4, 0.5) is 0 Å². The van der Waals surface area contributed by atoms with Crippen LogP contribution >= 0.6 is 0 Å². The number of carbonyl (C=O) groups is 2. The summed E-state index contributed by atoms with van der Waals surface area (Å²) in [5.74, 6) is -0.710. The van der Waals surface area contributed by atoms with E-state index in [1.54, 1.807) is 31.2 Å². The largest absolute Gasteiger partial charge is 0.493 e. The Morgan fingerprint density at radius 2 is 1.90 bits per heavy atom. The van der Waals surface area contributed by atoms with Crippen LogP contribution in [0, 0.1) is 0 Å². The molecule has 0 unspecified atom stereocenters. The van der Waals surface area contributed by atoms with Crippen molar-refractivity contribution in [1.29, 1.82) is 0 Å². The molecule has 1 aromatic carbocycles. The normalized spacial score (nSPS) is 10.3. The van der Waals surface area contributed by atoms with E-state index < -0.39 is 11.9 Å². The smallest absolute Gasteiger partial charge is 0.333 e. The number of aliphatic carboxylic acids is 1. The van der Waals surface area contributed by atoms with Gasteiger partial charge < -0.3 is 14.6 Å². The van der Waals surface area contributed by atoms with E-state index in [1.165, 1.54) is 6.08 Å². The van der Waals surface area contributed by atoms with Gasteiger partial charge in [-0.1, -0.05) is 18.7 Å². The maximum atomic E-state index is 11.1. The minimum absolute atomic E-state index is 0.283. The van der Waals surface area contributed by atoms with E-state index in [0.29, 0.717) is 24.4 Å². The highest BCUT2D eigenvalue weighted by Crippen LogP contribution is 2.13. The molecule has 0 heterocycles. The zero-order chi connectivity index (χ0) is 15.7. The molecule has 0 saturated heterocycles. The Bertz CT molecular complexity index is 528. The van der Waals surface area contributed by atoms with Crippen LogP contribution in [0.1, 0.15) is 18.9 Å². The molecule has 0 bridgehead atoms. The molecule has 0 radical (unpaired) electrons. The van der Waals surface area contributed by atoms with E-state index in [2.05, 4.69) is 6.58 Å². The number of esters is 1. The molecule has 0 saturated carbocycles. The van der Waals surface area contributed by atoms with Crippen LogP contribution < -0.4 is 4.74 Å². The summed E-state index contributed by atoms with van der Waals surface area (Å²) in [4.78, 5) is 21.5. The van der Waals surface area contributed by atoms with Gasteiger partial charge in [0.15, 0.2) is 0 Å². The average Bonchev–Trinajstić information content (AvgIpc) is 2.45. The van der Waals surface area contributed by atoms with Gasteiger partial charge in [-0.3, -0.25) is 0 Å². The summed E-state index contributed by atoms with van der Waals surface area (Å²) >= 11 is 0. The Kier molecular flexibility index (Phi) is 6.74. The number of hydrogen-bond acceptors (Lipinski definition) is 4. The Hall–Kier alpha value is -2.56. The van der Waals surface area contributed by atoms with Crippen LogP contribution in [0.2, 0.25) is 0 Å². The van der Waals surface area contributed by atoms with Crippen molar-refractivity contribution >= 4 is 18.0 Å². The fourth-order valence-corrected chi connectivity index (χ4v) is 1.38. The summed E-state index contributed by atoms with van der Waals surface area (Å²) in [6.45, 7) is 5.79. The van der Waals surface area contributed by atoms with E-state index >= 15 is 0 Å². The summed E-state index contributed by atoms with van der Waals surface area (Å²) in [5, 5.41) is 8.52. The van der Waals surface area contributed by atoms with E-state index in [1.807, 2.05) is 0 Å². The quantitative estimate of drug-likeness (QED) is 0.452. The van der Waals surface area contributed by atoms with Gasteiger partial charge in [0.05, 0.1) is 13.2 Å². The zero-order valence-corrected chi connectivity index (χ0v) is 11.9. The van der Waals surface area contributed by atoms with E-state index in [0.717, 1.165) is 11.6 Å². The molecule has 0 atom stereocenters. The Morgan fingerprint density at radius 1 is 1.24 bits per heavy atom. The number of hydrogen-bond donors (Lipinski definition) is 1. The molecule has 0 amide bonds. The van der Waals surface area contributed by atoms with Crippen LogP contribution in [0.3, 0.4) is 0 Å². The minimum atomic E-state index is -0.986. The maximum Gasteiger partial charge on any atom is 0.333 e. The molecule has 21 heavy (non-hydrogen) atoms. The van der Waals surface area contributed by atoms with Gasteiger partial charge in [0, 0.05) is 18.1 Å². The lowest BCUT2D eigenvalue weighted by Gasteiger charge is -2.07. The molecule has 0 aliphatic carbocycles. The van der Waals surface area contributed by atoms with Gasteiger partial charge in [-0.25, -0.2) is 9.59 Å². The topological polar surface area (TPSA) is 72.8 Å². The summed E-state index contributed by atoms with van der Waals surface area (Å²) in [6, 6.07) is 7.02. The molecule has 1 rings (SSSR count). The van der Waals surface area contributed by atoms with Gasteiger partial charge in [-0.2, -0.15) is 0 Å². The van der Waals surface area contributed by atoms with Crippen molar-refractivity contribution in [3.63, 3.8) is 0 Å². The summed E-state index contributed by atoms with van der Waals surface area (Å²) in [6.07, 6.45) is 3.16. The highest BCUT2D eigenvalue weighted by atomic mass is 16.5. The lowest BCUT2D eigenvalue weighted by Crippen LogP contribution is -2.09.